The van der Waals surface area contributed by atoms with Crippen molar-refractivity contribution in [3.63, 3.8) is 0 Å². The van der Waals surface area contributed by atoms with Gasteiger partial charge in [-0.05, 0) is 25.0 Å². The highest BCUT2D eigenvalue weighted by molar-refractivity contribution is 7.89. The lowest BCUT2D eigenvalue weighted by atomic mass is 10.1. The Bertz CT molecular complexity index is 714. The van der Waals surface area contributed by atoms with Gasteiger partial charge in [-0.15, -0.1) is 0 Å². The third-order valence-corrected chi connectivity index (χ3v) is 5.52. The van der Waals surface area contributed by atoms with Crippen LogP contribution in [0.3, 0.4) is 0 Å². The number of nitrogens with zero attached hydrogens (tertiary/aromatic N) is 3. The average molecular weight is 332 g/mol. The minimum Gasteiger partial charge on any atom is -0.299 e. The van der Waals surface area contributed by atoms with Gasteiger partial charge in [0.15, 0.2) is 0 Å². The summed E-state index contributed by atoms with van der Waals surface area (Å²) in [4.78, 5) is 10.7. The van der Waals surface area contributed by atoms with Crippen LogP contribution in [0.15, 0.2) is 53.9 Å². The summed E-state index contributed by atoms with van der Waals surface area (Å²) in [7, 11) is -3.42. The Kier molecular flexibility index (Phi) is 5.00. The molecule has 1 aliphatic rings. The third kappa shape index (κ3) is 4.34. The quantitative estimate of drug-likeness (QED) is 0.896. The molecular weight excluding hydrogens is 312 g/mol. The second kappa shape index (κ2) is 7.16. The first-order valence-electron chi connectivity index (χ1n) is 7.67. The molecule has 2 aromatic rings. The Morgan fingerprint density at radius 3 is 2.39 bits per heavy atom. The topological polar surface area (TPSA) is 75.2 Å². The number of hydrogen-bond donors (Lipinski definition) is 1. The van der Waals surface area contributed by atoms with E-state index >= 15 is 0 Å². The maximum atomic E-state index is 12.3. The molecule has 1 saturated heterocycles. The number of hydrogen-bond acceptors (Lipinski definition) is 5. The van der Waals surface area contributed by atoms with Gasteiger partial charge in [0.1, 0.15) is 6.33 Å². The van der Waals surface area contributed by atoms with E-state index in [1.807, 2.05) is 18.5 Å². The fourth-order valence-electron chi connectivity index (χ4n) is 2.77. The van der Waals surface area contributed by atoms with Crippen molar-refractivity contribution < 1.29 is 8.42 Å². The Morgan fingerprint density at radius 1 is 1.09 bits per heavy atom. The molecule has 1 N–H and O–H groups in total. The highest BCUT2D eigenvalue weighted by Crippen LogP contribution is 2.16. The van der Waals surface area contributed by atoms with Crippen molar-refractivity contribution in [3.8, 4) is 0 Å². The lowest BCUT2D eigenvalue weighted by molar-refractivity contribution is 0.199. The SMILES string of the molecule is O=S(=O)(NC1CCN(Cc2cncnc2)CC1)c1ccccc1. The van der Waals surface area contributed by atoms with E-state index in [1.54, 1.807) is 24.3 Å². The van der Waals surface area contributed by atoms with Crippen molar-refractivity contribution in [2.24, 2.45) is 0 Å². The molecule has 122 valence electrons. The highest BCUT2D eigenvalue weighted by atomic mass is 32.2. The van der Waals surface area contributed by atoms with Gasteiger partial charge in [-0.2, -0.15) is 0 Å². The van der Waals surface area contributed by atoms with Gasteiger partial charge in [0.05, 0.1) is 4.90 Å². The molecular formula is C16H20N4O2S. The van der Waals surface area contributed by atoms with Crippen molar-refractivity contribution in [3.05, 3.63) is 54.6 Å². The second-order valence-corrected chi connectivity index (χ2v) is 7.45. The van der Waals surface area contributed by atoms with Crippen LogP contribution in [-0.4, -0.2) is 42.4 Å². The van der Waals surface area contributed by atoms with E-state index in [2.05, 4.69) is 19.6 Å². The Balaban J connectivity index is 1.53. The fraction of sp³-hybridized carbons (Fsp3) is 0.375. The Morgan fingerprint density at radius 2 is 1.74 bits per heavy atom. The number of sulfonamides is 1. The molecule has 0 atom stereocenters. The van der Waals surface area contributed by atoms with Crippen molar-refractivity contribution in [1.29, 1.82) is 0 Å². The standard InChI is InChI=1S/C16H20N4O2S/c21-23(22,16-4-2-1-3-5-16)19-15-6-8-20(9-7-15)12-14-10-17-13-18-11-14/h1-5,10-11,13,15,19H,6-9,12H2. The zero-order chi connectivity index (χ0) is 16.1. The molecule has 23 heavy (non-hydrogen) atoms. The third-order valence-electron chi connectivity index (χ3n) is 3.98. The summed E-state index contributed by atoms with van der Waals surface area (Å²) in [5.41, 5.74) is 1.08. The van der Waals surface area contributed by atoms with Crippen molar-refractivity contribution in [2.75, 3.05) is 13.1 Å². The van der Waals surface area contributed by atoms with Crippen LogP contribution in [0, 0.1) is 0 Å². The summed E-state index contributed by atoms with van der Waals surface area (Å²) in [6, 6.07) is 8.51. The highest BCUT2D eigenvalue weighted by Gasteiger charge is 2.24. The van der Waals surface area contributed by atoms with Gasteiger partial charge in [-0.1, -0.05) is 18.2 Å². The van der Waals surface area contributed by atoms with Gasteiger partial charge >= 0.3 is 0 Å². The molecule has 0 unspecified atom stereocenters. The van der Waals surface area contributed by atoms with E-state index in [1.165, 1.54) is 6.33 Å². The van der Waals surface area contributed by atoms with E-state index in [4.69, 9.17) is 0 Å². The van der Waals surface area contributed by atoms with Gasteiger partial charge in [-0.3, -0.25) is 4.90 Å². The minimum atomic E-state index is -3.42. The lowest BCUT2D eigenvalue weighted by Crippen LogP contribution is -2.44. The second-order valence-electron chi connectivity index (χ2n) is 5.73. The molecule has 7 heteroatoms. The first-order valence-corrected chi connectivity index (χ1v) is 9.15. The van der Waals surface area contributed by atoms with Crippen molar-refractivity contribution in [2.45, 2.75) is 30.3 Å². The normalized spacial score (nSPS) is 17.2. The zero-order valence-corrected chi connectivity index (χ0v) is 13.6. The molecule has 1 aromatic heterocycles. The summed E-state index contributed by atoms with van der Waals surface area (Å²) in [5.74, 6) is 0. The van der Waals surface area contributed by atoms with Crippen LogP contribution in [0.2, 0.25) is 0 Å². The van der Waals surface area contributed by atoms with Crippen LogP contribution >= 0.6 is 0 Å². The number of likely N-dealkylation sites (tertiary alicyclic amines) is 1. The summed E-state index contributed by atoms with van der Waals surface area (Å²) in [6.45, 7) is 2.52. The van der Waals surface area contributed by atoms with E-state index in [-0.39, 0.29) is 6.04 Å². The molecule has 6 nitrogen and oxygen atoms in total. The molecule has 1 aliphatic heterocycles. The number of piperidine rings is 1. The van der Waals surface area contributed by atoms with Gasteiger partial charge in [-0.25, -0.2) is 23.1 Å². The Labute approximate surface area is 136 Å². The number of aromatic nitrogens is 2. The molecule has 1 fully saturated rings. The summed E-state index contributed by atoms with van der Waals surface area (Å²) >= 11 is 0. The van der Waals surface area contributed by atoms with Crippen molar-refractivity contribution >= 4 is 10.0 Å². The molecule has 1 aromatic carbocycles. The minimum absolute atomic E-state index is 0.0107. The van der Waals surface area contributed by atoms with E-state index < -0.39 is 10.0 Å². The first kappa shape index (κ1) is 16.0. The van der Waals surface area contributed by atoms with Gasteiger partial charge in [0.2, 0.25) is 10.0 Å². The molecule has 0 radical (unpaired) electrons. The summed E-state index contributed by atoms with van der Waals surface area (Å²) < 4.78 is 27.5. The summed E-state index contributed by atoms with van der Waals surface area (Å²) in [6.07, 6.45) is 6.77. The monoisotopic (exact) mass is 332 g/mol. The fourth-order valence-corrected chi connectivity index (χ4v) is 4.09. The van der Waals surface area contributed by atoms with Gasteiger partial charge in [0.25, 0.3) is 0 Å². The van der Waals surface area contributed by atoms with Gasteiger partial charge in [0, 0.05) is 43.6 Å². The molecule has 0 aliphatic carbocycles. The summed E-state index contributed by atoms with van der Waals surface area (Å²) in [5, 5.41) is 0. The van der Waals surface area contributed by atoms with Crippen LogP contribution in [0.4, 0.5) is 0 Å². The number of benzene rings is 1. The molecule has 0 bridgehead atoms. The number of rotatable bonds is 5. The average Bonchev–Trinajstić information content (AvgIpc) is 2.58. The van der Waals surface area contributed by atoms with Crippen molar-refractivity contribution in [1.82, 2.24) is 19.6 Å². The zero-order valence-electron chi connectivity index (χ0n) is 12.8. The molecule has 0 amide bonds. The lowest BCUT2D eigenvalue weighted by Gasteiger charge is -2.32. The molecule has 2 heterocycles. The maximum absolute atomic E-state index is 12.3. The van der Waals surface area contributed by atoms with E-state index in [9.17, 15) is 8.42 Å². The molecule has 3 rings (SSSR count). The molecule has 0 saturated carbocycles. The van der Waals surface area contributed by atoms with Crippen LogP contribution in [0.25, 0.3) is 0 Å². The van der Waals surface area contributed by atoms with Gasteiger partial charge < -0.3 is 0 Å². The maximum Gasteiger partial charge on any atom is 0.240 e. The van der Waals surface area contributed by atoms with Crippen LogP contribution in [-0.2, 0) is 16.6 Å². The first-order chi connectivity index (χ1) is 11.1. The van der Waals surface area contributed by atoms with Crippen LogP contribution in [0.1, 0.15) is 18.4 Å². The Hall–Kier alpha value is -1.83. The van der Waals surface area contributed by atoms with Crippen LogP contribution in [0.5, 0.6) is 0 Å². The van der Waals surface area contributed by atoms with E-state index in [0.717, 1.165) is 38.0 Å². The smallest absolute Gasteiger partial charge is 0.240 e. The predicted octanol–water partition coefficient (Wildman–Crippen LogP) is 1.42. The molecule has 0 spiro atoms. The largest absolute Gasteiger partial charge is 0.299 e. The predicted molar refractivity (Wildman–Crippen MR) is 87.1 cm³/mol. The van der Waals surface area contributed by atoms with E-state index in [0.29, 0.717) is 4.90 Å². The van der Waals surface area contributed by atoms with Crippen LogP contribution < -0.4 is 4.72 Å². The number of nitrogens with one attached hydrogen (secondary N) is 1.